The van der Waals surface area contributed by atoms with Crippen LogP contribution in [-0.2, 0) is 6.54 Å². The molecule has 0 atom stereocenters. The number of rotatable bonds is 5. The number of piperazine rings is 1. The van der Waals surface area contributed by atoms with Crippen LogP contribution in [0.3, 0.4) is 0 Å². The standard InChI is InChI=1S/C20H23ClFN3O2S/c1-26-15-4-6-18(19(12-15)27-2)23-20(28)25-9-7-24(8-10-25)13-14-3-5-17(22)16(21)11-14/h3-6,11-12H,7-10,13H2,1-2H3,(H,23,28). The first-order valence-electron chi connectivity index (χ1n) is 8.94. The second-order valence-corrected chi connectivity index (χ2v) is 7.30. The van der Waals surface area contributed by atoms with Crippen LogP contribution in [0.5, 0.6) is 11.5 Å². The molecule has 1 aliphatic heterocycles. The summed E-state index contributed by atoms with van der Waals surface area (Å²) in [4.78, 5) is 4.43. The minimum atomic E-state index is -0.388. The number of nitrogens with zero attached hydrogens (tertiary/aromatic N) is 2. The van der Waals surface area contributed by atoms with Crippen molar-refractivity contribution < 1.29 is 13.9 Å². The molecular formula is C20H23ClFN3O2S. The summed E-state index contributed by atoms with van der Waals surface area (Å²) >= 11 is 11.4. The second kappa shape index (κ2) is 9.41. The number of ether oxygens (including phenoxy) is 2. The van der Waals surface area contributed by atoms with Crippen molar-refractivity contribution in [3.05, 3.63) is 52.8 Å². The van der Waals surface area contributed by atoms with Crippen LogP contribution in [0, 0.1) is 5.82 Å². The summed E-state index contributed by atoms with van der Waals surface area (Å²) in [5, 5.41) is 4.08. The van der Waals surface area contributed by atoms with Gasteiger partial charge in [-0.15, -0.1) is 0 Å². The van der Waals surface area contributed by atoms with Crippen LogP contribution in [0.1, 0.15) is 5.56 Å². The topological polar surface area (TPSA) is 37.0 Å². The van der Waals surface area contributed by atoms with Gasteiger partial charge in [0.05, 0.1) is 24.9 Å². The molecule has 1 heterocycles. The largest absolute Gasteiger partial charge is 0.497 e. The highest BCUT2D eigenvalue weighted by Crippen LogP contribution is 2.29. The smallest absolute Gasteiger partial charge is 0.173 e. The molecule has 0 saturated carbocycles. The molecule has 0 aromatic heterocycles. The fraction of sp³-hybridized carbons (Fsp3) is 0.350. The van der Waals surface area contributed by atoms with Crippen LogP contribution in [0.4, 0.5) is 10.1 Å². The van der Waals surface area contributed by atoms with Gasteiger partial charge in [-0.1, -0.05) is 17.7 Å². The second-order valence-electron chi connectivity index (χ2n) is 6.51. The average molecular weight is 424 g/mol. The van der Waals surface area contributed by atoms with Crippen molar-refractivity contribution in [3.8, 4) is 11.5 Å². The Morgan fingerprint density at radius 3 is 2.50 bits per heavy atom. The zero-order valence-electron chi connectivity index (χ0n) is 15.9. The van der Waals surface area contributed by atoms with E-state index in [-0.39, 0.29) is 10.8 Å². The molecule has 5 nitrogen and oxygen atoms in total. The van der Waals surface area contributed by atoms with Crippen molar-refractivity contribution in [2.45, 2.75) is 6.54 Å². The molecule has 0 aliphatic carbocycles. The number of hydrogen-bond donors (Lipinski definition) is 1. The van der Waals surface area contributed by atoms with Gasteiger partial charge in [-0.2, -0.15) is 0 Å². The molecule has 0 amide bonds. The Bertz CT molecular complexity index is 844. The van der Waals surface area contributed by atoms with E-state index in [0.717, 1.165) is 49.7 Å². The molecule has 28 heavy (non-hydrogen) atoms. The van der Waals surface area contributed by atoms with Crippen molar-refractivity contribution in [3.63, 3.8) is 0 Å². The zero-order chi connectivity index (χ0) is 20.1. The van der Waals surface area contributed by atoms with E-state index in [4.69, 9.17) is 33.3 Å². The van der Waals surface area contributed by atoms with Gasteiger partial charge < -0.3 is 19.7 Å². The van der Waals surface area contributed by atoms with Crippen molar-refractivity contribution >= 4 is 34.6 Å². The van der Waals surface area contributed by atoms with Crippen LogP contribution < -0.4 is 14.8 Å². The maximum atomic E-state index is 13.3. The van der Waals surface area contributed by atoms with Crippen LogP contribution in [0.15, 0.2) is 36.4 Å². The number of benzene rings is 2. The monoisotopic (exact) mass is 423 g/mol. The summed E-state index contributed by atoms with van der Waals surface area (Å²) in [7, 11) is 3.23. The molecule has 1 fully saturated rings. The van der Waals surface area contributed by atoms with E-state index in [1.165, 1.54) is 6.07 Å². The Morgan fingerprint density at radius 2 is 1.86 bits per heavy atom. The predicted octanol–water partition coefficient (Wildman–Crippen LogP) is 4.01. The highest BCUT2D eigenvalue weighted by atomic mass is 35.5. The zero-order valence-corrected chi connectivity index (χ0v) is 17.4. The molecule has 0 spiro atoms. The minimum Gasteiger partial charge on any atom is -0.497 e. The quantitative estimate of drug-likeness (QED) is 0.732. The normalized spacial score (nSPS) is 14.6. The van der Waals surface area contributed by atoms with Crippen LogP contribution in [0.25, 0.3) is 0 Å². The molecule has 3 rings (SSSR count). The van der Waals surface area contributed by atoms with Crippen LogP contribution >= 0.6 is 23.8 Å². The van der Waals surface area contributed by atoms with Gasteiger partial charge in [0, 0.05) is 38.8 Å². The van der Waals surface area contributed by atoms with Gasteiger partial charge in [0.25, 0.3) is 0 Å². The summed E-state index contributed by atoms with van der Waals surface area (Å²) < 4.78 is 23.9. The fourth-order valence-electron chi connectivity index (χ4n) is 3.10. The molecule has 1 N–H and O–H groups in total. The summed E-state index contributed by atoms with van der Waals surface area (Å²) in [6.45, 7) is 4.06. The molecule has 2 aromatic rings. The molecule has 2 aromatic carbocycles. The summed E-state index contributed by atoms with van der Waals surface area (Å²) in [6, 6.07) is 10.4. The van der Waals surface area contributed by atoms with Gasteiger partial charge in [-0.3, -0.25) is 4.90 Å². The Kier molecular flexibility index (Phi) is 6.93. The van der Waals surface area contributed by atoms with Gasteiger partial charge in [0.2, 0.25) is 0 Å². The lowest BCUT2D eigenvalue weighted by Gasteiger charge is -2.36. The van der Waals surface area contributed by atoms with Crippen molar-refractivity contribution in [1.82, 2.24) is 9.80 Å². The fourth-order valence-corrected chi connectivity index (χ4v) is 3.60. The first-order chi connectivity index (χ1) is 13.5. The molecule has 8 heteroatoms. The molecular weight excluding hydrogens is 401 g/mol. The Morgan fingerprint density at radius 1 is 1.11 bits per heavy atom. The Balaban J connectivity index is 1.54. The van der Waals surface area contributed by atoms with Crippen molar-refractivity contribution in [1.29, 1.82) is 0 Å². The van der Waals surface area contributed by atoms with Crippen molar-refractivity contribution in [2.24, 2.45) is 0 Å². The molecule has 0 bridgehead atoms. The first-order valence-corrected chi connectivity index (χ1v) is 9.73. The average Bonchev–Trinajstić information content (AvgIpc) is 2.71. The van der Waals surface area contributed by atoms with E-state index in [2.05, 4.69) is 15.1 Å². The van der Waals surface area contributed by atoms with E-state index in [0.29, 0.717) is 10.9 Å². The molecule has 150 valence electrons. The first kappa shape index (κ1) is 20.6. The number of thiocarbonyl (C=S) groups is 1. The molecule has 0 radical (unpaired) electrons. The summed E-state index contributed by atoms with van der Waals surface area (Å²) in [5.74, 6) is 1.01. The minimum absolute atomic E-state index is 0.162. The van der Waals surface area contributed by atoms with E-state index in [1.54, 1.807) is 26.4 Å². The number of nitrogens with one attached hydrogen (secondary N) is 1. The maximum absolute atomic E-state index is 13.3. The van der Waals surface area contributed by atoms with Gasteiger partial charge in [-0.05, 0) is 42.0 Å². The number of hydrogen-bond acceptors (Lipinski definition) is 4. The SMILES string of the molecule is COc1ccc(NC(=S)N2CCN(Cc3ccc(F)c(Cl)c3)CC2)c(OC)c1. The lowest BCUT2D eigenvalue weighted by molar-refractivity contribution is 0.177. The van der Waals surface area contributed by atoms with Crippen LogP contribution in [-0.4, -0.2) is 55.3 Å². The van der Waals surface area contributed by atoms with E-state index in [1.807, 2.05) is 18.2 Å². The van der Waals surface area contributed by atoms with E-state index < -0.39 is 0 Å². The highest BCUT2D eigenvalue weighted by molar-refractivity contribution is 7.80. The number of methoxy groups -OCH3 is 2. The lowest BCUT2D eigenvalue weighted by atomic mass is 10.2. The number of halogens is 2. The van der Waals surface area contributed by atoms with Crippen LogP contribution in [0.2, 0.25) is 5.02 Å². The summed E-state index contributed by atoms with van der Waals surface area (Å²) in [5.41, 5.74) is 1.81. The van der Waals surface area contributed by atoms with E-state index >= 15 is 0 Å². The third-order valence-corrected chi connectivity index (χ3v) is 5.35. The predicted molar refractivity (Wildman–Crippen MR) is 114 cm³/mol. The molecule has 1 saturated heterocycles. The third kappa shape index (κ3) is 5.04. The van der Waals surface area contributed by atoms with Gasteiger partial charge >= 0.3 is 0 Å². The van der Waals surface area contributed by atoms with Gasteiger partial charge in [-0.25, -0.2) is 4.39 Å². The summed E-state index contributed by atoms with van der Waals surface area (Å²) in [6.07, 6.45) is 0. The maximum Gasteiger partial charge on any atom is 0.173 e. The molecule has 0 unspecified atom stereocenters. The Hall–Kier alpha value is -2.09. The lowest BCUT2D eigenvalue weighted by Crippen LogP contribution is -2.49. The van der Waals surface area contributed by atoms with Gasteiger partial charge in [0.1, 0.15) is 17.3 Å². The van der Waals surface area contributed by atoms with E-state index in [9.17, 15) is 4.39 Å². The van der Waals surface area contributed by atoms with Gasteiger partial charge in [0.15, 0.2) is 5.11 Å². The third-order valence-electron chi connectivity index (χ3n) is 4.70. The molecule has 1 aliphatic rings. The van der Waals surface area contributed by atoms with Crippen molar-refractivity contribution in [2.75, 3.05) is 45.7 Å². The number of anilines is 1. The Labute approximate surface area is 175 Å². The highest BCUT2D eigenvalue weighted by Gasteiger charge is 2.20.